The van der Waals surface area contributed by atoms with Crippen molar-refractivity contribution in [2.45, 2.75) is 18.2 Å². The van der Waals surface area contributed by atoms with E-state index in [0.717, 1.165) is 0 Å². The van der Waals surface area contributed by atoms with Crippen molar-refractivity contribution in [1.82, 2.24) is 4.31 Å². The van der Waals surface area contributed by atoms with E-state index in [0.29, 0.717) is 29.3 Å². The summed E-state index contributed by atoms with van der Waals surface area (Å²) in [7, 11) is -3.59. The third-order valence-electron chi connectivity index (χ3n) is 3.52. The lowest BCUT2D eigenvalue weighted by atomic mass is 10.2. The molecule has 2 aromatic carbocycles. The molecule has 0 saturated heterocycles. The van der Waals surface area contributed by atoms with Crippen molar-refractivity contribution >= 4 is 21.6 Å². The van der Waals surface area contributed by atoms with Crippen LogP contribution in [0.5, 0.6) is 5.75 Å². The lowest BCUT2D eigenvalue weighted by molar-refractivity contribution is 0.272. The molecule has 5 nitrogen and oxygen atoms in total. The average molecular weight is 379 g/mol. The molecule has 0 amide bonds. The van der Waals surface area contributed by atoms with Crippen LogP contribution < -0.4 is 4.74 Å². The van der Waals surface area contributed by atoms with E-state index in [1.54, 1.807) is 36.4 Å². The third-order valence-corrected chi connectivity index (χ3v) is 5.68. The van der Waals surface area contributed by atoms with Crippen molar-refractivity contribution < 1.29 is 13.2 Å². The van der Waals surface area contributed by atoms with Crippen molar-refractivity contribution in [2.75, 3.05) is 19.7 Å². The Morgan fingerprint density at radius 2 is 1.72 bits per heavy atom. The van der Waals surface area contributed by atoms with E-state index in [9.17, 15) is 8.42 Å². The molecular formula is C18H19ClN2O3S. The first-order chi connectivity index (χ1) is 12.0. The molecule has 0 aromatic heterocycles. The summed E-state index contributed by atoms with van der Waals surface area (Å²) in [4.78, 5) is 0.212. The molecule has 0 fully saturated rings. The second-order valence-corrected chi connectivity index (χ2v) is 7.72. The van der Waals surface area contributed by atoms with Gasteiger partial charge in [-0.2, -0.15) is 9.57 Å². The summed E-state index contributed by atoms with van der Waals surface area (Å²) in [6, 6.07) is 14.9. The van der Waals surface area contributed by atoms with Gasteiger partial charge in [-0.05, 0) is 55.0 Å². The molecule has 2 rings (SSSR count). The van der Waals surface area contributed by atoms with Crippen molar-refractivity contribution in [3.05, 3.63) is 59.1 Å². The molecule has 0 radical (unpaired) electrons. The first-order valence-electron chi connectivity index (χ1n) is 7.86. The van der Waals surface area contributed by atoms with Crippen LogP contribution in [0.4, 0.5) is 0 Å². The zero-order valence-electron chi connectivity index (χ0n) is 13.9. The minimum atomic E-state index is -3.59. The topological polar surface area (TPSA) is 70.4 Å². The zero-order valence-corrected chi connectivity index (χ0v) is 15.4. The van der Waals surface area contributed by atoms with Crippen LogP contribution in [-0.2, 0) is 10.0 Å². The van der Waals surface area contributed by atoms with Gasteiger partial charge in [-0.1, -0.05) is 18.5 Å². The van der Waals surface area contributed by atoms with E-state index in [1.807, 2.05) is 13.0 Å². The maximum Gasteiger partial charge on any atom is 0.243 e. The molecule has 0 aliphatic carbocycles. The molecule has 0 spiro atoms. The van der Waals surface area contributed by atoms with E-state index < -0.39 is 10.0 Å². The van der Waals surface area contributed by atoms with Gasteiger partial charge >= 0.3 is 0 Å². The highest BCUT2D eigenvalue weighted by Gasteiger charge is 2.23. The van der Waals surface area contributed by atoms with E-state index in [2.05, 4.69) is 0 Å². The summed E-state index contributed by atoms with van der Waals surface area (Å²) >= 11 is 5.83. The number of ether oxygens (including phenoxy) is 1. The van der Waals surface area contributed by atoms with E-state index in [4.69, 9.17) is 21.6 Å². The number of halogens is 1. The highest BCUT2D eigenvalue weighted by atomic mass is 35.5. The minimum absolute atomic E-state index is 0.212. The predicted molar refractivity (Wildman–Crippen MR) is 97.2 cm³/mol. The summed E-state index contributed by atoms with van der Waals surface area (Å²) in [5.41, 5.74) is 0.547. The summed E-state index contributed by atoms with van der Waals surface area (Å²) in [5, 5.41) is 9.27. The van der Waals surface area contributed by atoms with Crippen molar-refractivity contribution in [1.29, 1.82) is 5.26 Å². The van der Waals surface area contributed by atoms with Gasteiger partial charge in [0.15, 0.2) is 0 Å². The summed E-state index contributed by atoms with van der Waals surface area (Å²) in [5.74, 6) is 0.597. The van der Waals surface area contributed by atoms with Crippen LogP contribution in [0.1, 0.15) is 18.9 Å². The van der Waals surface area contributed by atoms with E-state index in [1.165, 1.54) is 16.4 Å². The fraction of sp³-hybridized carbons (Fsp3) is 0.278. The van der Waals surface area contributed by atoms with Gasteiger partial charge in [0.25, 0.3) is 0 Å². The molecule has 0 saturated carbocycles. The van der Waals surface area contributed by atoms with E-state index in [-0.39, 0.29) is 18.0 Å². The van der Waals surface area contributed by atoms with Gasteiger partial charge < -0.3 is 4.74 Å². The molecule has 0 bridgehead atoms. The summed E-state index contributed by atoms with van der Waals surface area (Å²) in [6.07, 6.45) is 0.698. The molecule has 0 unspecified atom stereocenters. The SMILES string of the molecule is CCCN(CCOc1ccc(C#N)cc1)S(=O)(=O)c1ccc(Cl)cc1. The van der Waals surface area contributed by atoms with Crippen LogP contribution in [0, 0.1) is 11.3 Å². The molecule has 0 aliphatic heterocycles. The molecule has 2 aromatic rings. The van der Waals surface area contributed by atoms with Gasteiger partial charge in [0, 0.05) is 18.1 Å². The maximum atomic E-state index is 12.8. The molecule has 0 atom stereocenters. The molecule has 0 N–H and O–H groups in total. The first kappa shape index (κ1) is 19.3. The van der Waals surface area contributed by atoms with Gasteiger partial charge in [0.05, 0.1) is 16.5 Å². The second-order valence-electron chi connectivity index (χ2n) is 5.34. The molecule has 25 heavy (non-hydrogen) atoms. The predicted octanol–water partition coefficient (Wildman–Crippen LogP) is 3.69. The largest absolute Gasteiger partial charge is 0.492 e. The van der Waals surface area contributed by atoms with Gasteiger partial charge in [0.1, 0.15) is 12.4 Å². The van der Waals surface area contributed by atoms with Crippen LogP contribution in [0.3, 0.4) is 0 Å². The van der Waals surface area contributed by atoms with Crippen LogP contribution in [-0.4, -0.2) is 32.4 Å². The zero-order chi connectivity index (χ0) is 18.3. The van der Waals surface area contributed by atoms with Gasteiger partial charge in [0.2, 0.25) is 10.0 Å². The number of rotatable bonds is 8. The Labute approximate surface area is 153 Å². The maximum absolute atomic E-state index is 12.8. The van der Waals surface area contributed by atoms with Crippen molar-refractivity contribution in [2.24, 2.45) is 0 Å². The van der Waals surface area contributed by atoms with Crippen LogP contribution in [0.25, 0.3) is 0 Å². The molecule has 132 valence electrons. The van der Waals surface area contributed by atoms with Gasteiger partial charge in [-0.3, -0.25) is 0 Å². The van der Waals surface area contributed by atoms with Crippen LogP contribution in [0.2, 0.25) is 5.02 Å². The second kappa shape index (κ2) is 8.86. The number of sulfonamides is 1. The quantitative estimate of drug-likeness (QED) is 0.702. The highest BCUT2D eigenvalue weighted by molar-refractivity contribution is 7.89. The smallest absolute Gasteiger partial charge is 0.243 e. The van der Waals surface area contributed by atoms with Crippen molar-refractivity contribution in [3.8, 4) is 11.8 Å². The Morgan fingerprint density at radius 1 is 1.08 bits per heavy atom. The third kappa shape index (κ3) is 5.20. The lowest BCUT2D eigenvalue weighted by Crippen LogP contribution is -2.35. The summed E-state index contributed by atoms with van der Waals surface area (Å²) in [6.45, 7) is 2.78. The molecular weight excluding hydrogens is 360 g/mol. The Balaban J connectivity index is 2.04. The van der Waals surface area contributed by atoms with E-state index >= 15 is 0 Å². The number of hydrogen-bond donors (Lipinski definition) is 0. The van der Waals surface area contributed by atoms with Gasteiger partial charge in [-0.15, -0.1) is 0 Å². The number of nitrogens with zero attached hydrogens (tertiary/aromatic N) is 2. The number of nitriles is 1. The standard InChI is InChI=1S/C18H19ClN2O3S/c1-2-11-21(25(22,23)18-9-5-16(19)6-10-18)12-13-24-17-7-3-15(14-20)4-8-17/h3-10H,2,11-13H2,1H3. The highest BCUT2D eigenvalue weighted by Crippen LogP contribution is 2.19. The molecule has 7 heteroatoms. The first-order valence-corrected chi connectivity index (χ1v) is 9.68. The fourth-order valence-electron chi connectivity index (χ4n) is 2.25. The normalized spacial score (nSPS) is 11.3. The number of hydrogen-bond acceptors (Lipinski definition) is 4. The number of benzene rings is 2. The summed E-state index contributed by atoms with van der Waals surface area (Å²) < 4.78 is 32.5. The Bertz CT molecular complexity index is 828. The Kier molecular flexibility index (Phi) is 6.82. The monoisotopic (exact) mass is 378 g/mol. The Hall–Kier alpha value is -2.07. The van der Waals surface area contributed by atoms with Crippen LogP contribution in [0.15, 0.2) is 53.4 Å². The molecule has 0 aliphatic rings. The van der Waals surface area contributed by atoms with Crippen molar-refractivity contribution in [3.63, 3.8) is 0 Å². The van der Waals surface area contributed by atoms with Gasteiger partial charge in [-0.25, -0.2) is 8.42 Å². The average Bonchev–Trinajstić information content (AvgIpc) is 2.62. The minimum Gasteiger partial charge on any atom is -0.492 e. The fourth-order valence-corrected chi connectivity index (χ4v) is 3.89. The molecule has 0 heterocycles. The Morgan fingerprint density at radius 3 is 2.28 bits per heavy atom. The van der Waals surface area contributed by atoms with Crippen LogP contribution >= 0.6 is 11.6 Å². The lowest BCUT2D eigenvalue weighted by Gasteiger charge is -2.21.